The second-order valence-corrected chi connectivity index (χ2v) is 9.51. The van der Waals surface area contributed by atoms with Crippen LogP contribution in [0.1, 0.15) is 43.4 Å². The number of aliphatic carboxylic acids is 1. The number of nitrogens with two attached hydrogens (primary N) is 2. The van der Waals surface area contributed by atoms with Crippen LogP contribution >= 0.6 is 0 Å². The van der Waals surface area contributed by atoms with Gasteiger partial charge in [-0.05, 0) is 50.6 Å². The number of rotatable bonds is 14. The van der Waals surface area contributed by atoms with E-state index in [1.165, 1.54) is 11.2 Å². The number of hydrogen-bond donors (Lipinski definition) is 6. The maximum Gasteiger partial charge on any atom is 0.326 e. The Bertz CT molecular complexity index is 1060. The van der Waals surface area contributed by atoms with Crippen LogP contribution in [-0.2, 0) is 32.0 Å². The monoisotopic (exact) mass is 527 g/mol. The lowest BCUT2D eigenvalue weighted by Crippen LogP contribution is -2.57. The Hall–Kier alpha value is -3.77. The number of benzene rings is 1. The SMILES string of the molecule is NCCCCC(NC(=O)C(Cc1cnc[nH]1)NC(=O)C(N)Cc1ccccc1)C(=O)N1CCCC1C(=O)O. The molecule has 3 amide bonds. The molecule has 1 aliphatic heterocycles. The number of amides is 3. The number of carboxylic acid groups (broad SMARTS) is 1. The summed E-state index contributed by atoms with van der Waals surface area (Å²) in [4.78, 5) is 59.6. The highest BCUT2D eigenvalue weighted by molar-refractivity contribution is 5.94. The fraction of sp³-hybridized carbons (Fsp3) is 0.500. The zero-order valence-electron chi connectivity index (χ0n) is 21.3. The molecule has 2 heterocycles. The van der Waals surface area contributed by atoms with Gasteiger partial charge in [0.1, 0.15) is 18.1 Å². The van der Waals surface area contributed by atoms with Gasteiger partial charge in [0, 0.05) is 24.9 Å². The molecule has 8 N–H and O–H groups in total. The number of carbonyl (C=O) groups excluding carboxylic acids is 3. The number of aromatic nitrogens is 2. The van der Waals surface area contributed by atoms with Gasteiger partial charge < -0.3 is 37.1 Å². The number of carboxylic acids is 1. The second-order valence-electron chi connectivity index (χ2n) is 9.51. The number of hydrogen-bond acceptors (Lipinski definition) is 7. The lowest BCUT2D eigenvalue weighted by Gasteiger charge is -2.29. The first kappa shape index (κ1) is 28.8. The molecule has 1 fully saturated rings. The Morgan fingerprint density at radius 2 is 1.82 bits per heavy atom. The van der Waals surface area contributed by atoms with Gasteiger partial charge in [0.25, 0.3) is 0 Å². The molecule has 0 aliphatic carbocycles. The molecule has 38 heavy (non-hydrogen) atoms. The normalized spacial score (nSPS) is 17.4. The van der Waals surface area contributed by atoms with Gasteiger partial charge in [-0.1, -0.05) is 30.3 Å². The van der Waals surface area contributed by atoms with Crippen molar-refractivity contribution in [2.45, 2.75) is 69.1 Å². The van der Waals surface area contributed by atoms with Crippen LogP contribution < -0.4 is 22.1 Å². The summed E-state index contributed by atoms with van der Waals surface area (Å²) < 4.78 is 0. The number of unbranched alkanes of at least 4 members (excludes halogenated alkanes) is 1. The summed E-state index contributed by atoms with van der Waals surface area (Å²) in [5, 5.41) is 15.0. The minimum absolute atomic E-state index is 0.0980. The molecular formula is C26H37N7O5. The Kier molecular flexibility index (Phi) is 10.8. The number of nitrogens with one attached hydrogen (secondary N) is 3. The second kappa shape index (κ2) is 14.2. The first-order valence-electron chi connectivity index (χ1n) is 12.9. The number of nitrogens with zero attached hydrogens (tertiary/aromatic N) is 2. The number of H-pyrrole nitrogens is 1. The molecule has 1 saturated heterocycles. The maximum absolute atomic E-state index is 13.5. The highest BCUT2D eigenvalue weighted by Crippen LogP contribution is 2.20. The number of imidazole rings is 1. The zero-order chi connectivity index (χ0) is 27.5. The van der Waals surface area contributed by atoms with Gasteiger partial charge in [-0.2, -0.15) is 0 Å². The van der Waals surface area contributed by atoms with E-state index in [0.717, 1.165) is 5.56 Å². The predicted molar refractivity (Wildman–Crippen MR) is 140 cm³/mol. The Morgan fingerprint density at radius 1 is 1.08 bits per heavy atom. The van der Waals surface area contributed by atoms with Gasteiger partial charge in [-0.25, -0.2) is 9.78 Å². The highest BCUT2D eigenvalue weighted by atomic mass is 16.4. The largest absolute Gasteiger partial charge is 0.480 e. The van der Waals surface area contributed by atoms with Gasteiger partial charge in [0.15, 0.2) is 0 Å². The van der Waals surface area contributed by atoms with Crippen LogP contribution in [0.2, 0.25) is 0 Å². The molecular weight excluding hydrogens is 490 g/mol. The van der Waals surface area contributed by atoms with E-state index in [-0.39, 0.29) is 12.8 Å². The summed E-state index contributed by atoms with van der Waals surface area (Å²) in [6.45, 7) is 0.732. The van der Waals surface area contributed by atoms with Gasteiger partial charge in [-0.3, -0.25) is 14.4 Å². The Morgan fingerprint density at radius 3 is 2.47 bits per heavy atom. The van der Waals surface area contributed by atoms with Gasteiger partial charge in [-0.15, -0.1) is 0 Å². The summed E-state index contributed by atoms with van der Waals surface area (Å²) in [6.07, 6.45) is 5.84. The van der Waals surface area contributed by atoms with Crippen LogP contribution in [0.5, 0.6) is 0 Å². The van der Waals surface area contributed by atoms with E-state index >= 15 is 0 Å². The molecule has 0 radical (unpaired) electrons. The van der Waals surface area contributed by atoms with Crippen LogP contribution in [0, 0.1) is 0 Å². The summed E-state index contributed by atoms with van der Waals surface area (Å²) in [6, 6.07) is 5.50. The fourth-order valence-corrected chi connectivity index (χ4v) is 4.57. The van der Waals surface area contributed by atoms with Gasteiger partial charge in [0.2, 0.25) is 17.7 Å². The van der Waals surface area contributed by atoms with Crippen molar-refractivity contribution in [1.29, 1.82) is 0 Å². The van der Waals surface area contributed by atoms with Crippen molar-refractivity contribution in [2.24, 2.45) is 11.5 Å². The molecule has 1 aromatic heterocycles. The van der Waals surface area contributed by atoms with Crippen molar-refractivity contribution in [1.82, 2.24) is 25.5 Å². The van der Waals surface area contributed by atoms with E-state index in [4.69, 9.17) is 11.5 Å². The van der Waals surface area contributed by atoms with Crippen LogP contribution in [0.3, 0.4) is 0 Å². The molecule has 0 spiro atoms. The molecule has 1 aliphatic rings. The minimum Gasteiger partial charge on any atom is -0.480 e. The van der Waals surface area contributed by atoms with Crippen molar-refractivity contribution in [3.63, 3.8) is 0 Å². The van der Waals surface area contributed by atoms with Crippen LogP contribution in [0.4, 0.5) is 0 Å². The third-order valence-electron chi connectivity index (χ3n) is 6.63. The summed E-state index contributed by atoms with van der Waals surface area (Å²) >= 11 is 0. The quantitative estimate of drug-likeness (QED) is 0.180. The summed E-state index contributed by atoms with van der Waals surface area (Å²) in [5.41, 5.74) is 13.2. The van der Waals surface area contributed by atoms with Crippen molar-refractivity contribution >= 4 is 23.7 Å². The van der Waals surface area contributed by atoms with E-state index in [0.29, 0.717) is 50.9 Å². The van der Waals surface area contributed by atoms with E-state index in [9.17, 15) is 24.3 Å². The standard InChI is InChI=1S/C26H37N7O5/c27-11-5-4-9-20(25(36)33-12-6-10-22(33)26(37)38)31-24(35)21(14-18-15-29-16-30-18)32-23(34)19(28)13-17-7-2-1-3-8-17/h1-3,7-8,15-16,19-22H,4-6,9-14,27-28H2,(H,29,30)(H,31,35)(H,32,34)(H,37,38). The van der Waals surface area contributed by atoms with E-state index < -0.39 is 47.9 Å². The molecule has 3 rings (SSSR count). The van der Waals surface area contributed by atoms with Gasteiger partial charge in [0.05, 0.1) is 12.4 Å². The molecule has 12 nitrogen and oxygen atoms in total. The van der Waals surface area contributed by atoms with E-state index in [2.05, 4.69) is 20.6 Å². The third-order valence-corrected chi connectivity index (χ3v) is 6.63. The van der Waals surface area contributed by atoms with Crippen molar-refractivity contribution in [2.75, 3.05) is 13.1 Å². The van der Waals surface area contributed by atoms with Gasteiger partial charge >= 0.3 is 5.97 Å². The molecule has 2 aromatic rings. The molecule has 0 saturated carbocycles. The average Bonchev–Trinajstić information content (AvgIpc) is 3.60. The van der Waals surface area contributed by atoms with Crippen LogP contribution in [0.15, 0.2) is 42.9 Å². The van der Waals surface area contributed by atoms with Crippen molar-refractivity contribution < 1.29 is 24.3 Å². The Balaban J connectivity index is 1.74. The first-order valence-corrected chi connectivity index (χ1v) is 12.9. The summed E-state index contributed by atoms with van der Waals surface area (Å²) in [5.74, 6) is -2.60. The van der Waals surface area contributed by atoms with E-state index in [1.807, 2.05) is 30.3 Å². The number of likely N-dealkylation sites (tertiary alicyclic amines) is 1. The molecule has 12 heteroatoms. The maximum atomic E-state index is 13.5. The third kappa shape index (κ3) is 8.12. The van der Waals surface area contributed by atoms with Crippen molar-refractivity contribution in [3.8, 4) is 0 Å². The smallest absolute Gasteiger partial charge is 0.326 e. The lowest BCUT2D eigenvalue weighted by molar-refractivity contribution is -0.149. The predicted octanol–water partition coefficient (Wildman–Crippen LogP) is -0.304. The molecule has 1 aromatic carbocycles. The average molecular weight is 528 g/mol. The van der Waals surface area contributed by atoms with Crippen LogP contribution in [-0.4, -0.2) is 80.9 Å². The van der Waals surface area contributed by atoms with Crippen molar-refractivity contribution in [3.05, 3.63) is 54.1 Å². The molecule has 206 valence electrons. The fourth-order valence-electron chi connectivity index (χ4n) is 4.57. The van der Waals surface area contributed by atoms with Crippen LogP contribution in [0.25, 0.3) is 0 Å². The number of aromatic amines is 1. The number of carbonyl (C=O) groups is 4. The topological polar surface area (TPSA) is 197 Å². The Labute approximate surface area is 221 Å². The highest BCUT2D eigenvalue weighted by Gasteiger charge is 2.38. The first-order chi connectivity index (χ1) is 18.3. The molecule has 4 unspecified atom stereocenters. The zero-order valence-corrected chi connectivity index (χ0v) is 21.3. The summed E-state index contributed by atoms with van der Waals surface area (Å²) in [7, 11) is 0. The minimum atomic E-state index is -1.07. The van der Waals surface area contributed by atoms with E-state index in [1.54, 1.807) is 6.20 Å². The molecule has 4 atom stereocenters. The lowest BCUT2D eigenvalue weighted by atomic mass is 10.0. The molecule has 0 bridgehead atoms.